The highest BCUT2D eigenvalue weighted by Crippen LogP contribution is 2.39. The lowest BCUT2D eigenvalue weighted by atomic mass is 10.1. The van der Waals surface area contributed by atoms with Gasteiger partial charge in [0.15, 0.2) is 11.5 Å². The van der Waals surface area contributed by atoms with Crippen LogP contribution in [-0.4, -0.2) is 15.3 Å². The van der Waals surface area contributed by atoms with E-state index in [4.69, 9.17) is 12.2 Å². The molecule has 0 fully saturated rings. The molecule has 0 aliphatic rings. The highest BCUT2D eigenvalue weighted by Gasteiger charge is 2.10. The molecule has 0 spiro atoms. The predicted molar refractivity (Wildman–Crippen MR) is 94.5 cm³/mol. The number of hydrogen-bond donors (Lipinski definition) is 3. The van der Waals surface area contributed by atoms with Crippen LogP contribution >= 0.6 is 12.2 Å². The van der Waals surface area contributed by atoms with Crippen LogP contribution in [0.4, 0.5) is 11.4 Å². The summed E-state index contributed by atoms with van der Waals surface area (Å²) < 4.78 is 0. The molecule has 0 bridgehead atoms. The van der Waals surface area contributed by atoms with Crippen LogP contribution in [0.1, 0.15) is 0 Å². The molecule has 0 aliphatic heterocycles. The molecule has 23 heavy (non-hydrogen) atoms. The maximum atomic E-state index is 9.89. The molecule has 0 aliphatic carbocycles. The summed E-state index contributed by atoms with van der Waals surface area (Å²) in [6, 6.07) is 17.8. The molecule has 0 atom stereocenters. The predicted octanol–water partition coefficient (Wildman–Crippen LogP) is 4.73. The number of rotatable bonds is 2. The van der Waals surface area contributed by atoms with E-state index in [1.807, 2.05) is 36.4 Å². The summed E-state index contributed by atoms with van der Waals surface area (Å²) in [7, 11) is 0. The third-order valence-corrected chi connectivity index (χ3v) is 3.43. The number of nitrogens with zero attached hydrogens (tertiary/aromatic N) is 2. The quantitative estimate of drug-likeness (QED) is 0.362. The Hall–Kier alpha value is -2.99. The second-order valence-electron chi connectivity index (χ2n) is 4.81. The maximum absolute atomic E-state index is 9.89. The summed E-state index contributed by atoms with van der Waals surface area (Å²) in [5.74, 6) is -0.427. The first kappa shape index (κ1) is 14.9. The van der Waals surface area contributed by atoms with E-state index in [2.05, 4.69) is 15.5 Å². The topological polar surface area (TPSA) is 77.2 Å². The number of fused-ring (bicyclic) bond motifs is 1. The molecular formula is C17H13N3O2S. The van der Waals surface area contributed by atoms with E-state index in [-0.39, 0.29) is 16.6 Å². The van der Waals surface area contributed by atoms with Gasteiger partial charge < -0.3 is 15.5 Å². The fourth-order valence-electron chi connectivity index (χ4n) is 2.18. The molecule has 0 heterocycles. The van der Waals surface area contributed by atoms with Crippen molar-refractivity contribution in [3.63, 3.8) is 0 Å². The maximum Gasteiger partial charge on any atom is 0.218 e. The van der Waals surface area contributed by atoms with Gasteiger partial charge in [-0.05, 0) is 24.4 Å². The van der Waals surface area contributed by atoms with Crippen LogP contribution in [0.2, 0.25) is 0 Å². The van der Waals surface area contributed by atoms with Crippen molar-refractivity contribution in [2.75, 3.05) is 5.32 Å². The monoisotopic (exact) mass is 323 g/mol. The van der Waals surface area contributed by atoms with E-state index in [0.717, 1.165) is 5.69 Å². The zero-order valence-electron chi connectivity index (χ0n) is 12.0. The Morgan fingerprint density at radius 1 is 0.913 bits per heavy atom. The van der Waals surface area contributed by atoms with Crippen LogP contribution in [0.15, 0.2) is 70.9 Å². The van der Waals surface area contributed by atoms with Crippen LogP contribution in [0, 0.1) is 0 Å². The average Bonchev–Trinajstić information content (AvgIpc) is 2.58. The average molecular weight is 323 g/mol. The van der Waals surface area contributed by atoms with Gasteiger partial charge in [-0.1, -0.05) is 42.5 Å². The summed E-state index contributed by atoms with van der Waals surface area (Å²) in [6.45, 7) is 0. The van der Waals surface area contributed by atoms with Crippen LogP contribution in [0.5, 0.6) is 11.5 Å². The van der Waals surface area contributed by atoms with Crippen LogP contribution in [0.25, 0.3) is 10.8 Å². The summed E-state index contributed by atoms with van der Waals surface area (Å²) >= 11 is 5.13. The molecule has 0 saturated heterocycles. The zero-order valence-corrected chi connectivity index (χ0v) is 12.8. The van der Waals surface area contributed by atoms with Crippen molar-refractivity contribution in [1.29, 1.82) is 0 Å². The Morgan fingerprint density at radius 2 is 1.57 bits per heavy atom. The summed E-state index contributed by atoms with van der Waals surface area (Å²) in [5.41, 5.74) is 1.24. The van der Waals surface area contributed by atoms with E-state index in [9.17, 15) is 10.2 Å². The highest BCUT2D eigenvalue weighted by atomic mass is 32.1. The van der Waals surface area contributed by atoms with E-state index < -0.39 is 0 Å². The first-order valence-corrected chi connectivity index (χ1v) is 7.27. The Kier molecular flexibility index (Phi) is 4.16. The Balaban J connectivity index is 1.89. The van der Waals surface area contributed by atoms with Crippen molar-refractivity contribution < 1.29 is 10.2 Å². The Bertz CT molecular complexity index is 895. The minimum absolute atomic E-state index is 0.176. The first-order valence-electron chi connectivity index (χ1n) is 6.86. The van der Waals surface area contributed by atoms with Gasteiger partial charge >= 0.3 is 0 Å². The molecule has 3 N–H and O–H groups in total. The number of nitrogens with one attached hydrogen (secondary N) is 1. The van der Waals surface area contributed by atoms with Crippen LogP contribution < -0.4 is 5.32 Å². The summed E-state index contributed by atoms with van der Waals surface area (Å²) in [6.07, 6.45) is 0. The Labute approximate surface area is 137 Å². The van der Waals surface area contributed by atoms with Crippen molar-refractivity contribution in [3.8, 4) is 11.5 Å². The first-order chi connectivity index (χ1) is 11.1. The SMILES string of the molecule is Oc1cc(N=NC(=S)Nc2ccccc2)c2ccccc2c1O. The molecule has 3 aromatic carbocycles. The van der Waals surface area contributed by atoms with Gasteiger partial charge in [0.05, 0.1) is 5.69 Å². The number of aromatic hydroxyl groups is 2. The molecule has 5 nitrogen and oxygen atoms in total. The molecule has 3 aromatic rings. The van der Waals surface area contributed by atoms with Crippen molar-refractivity contribution in [1.82, 2.24) is 0 Å². The lowest BCUT2D eigenvalue weighted by Gasteiger charge is -2.06. The van der Waals surface area contributed by atoms with Gasteiger partial charge in [-0.3, -0.25) is 0 Å². The number of para-hydroxylation sites is 1. The third kappa shape index (κ3) is 3.27. The molecule has 3 rings (SSSR count). The molecular weight excluding hydrogens is 310 g/mol. The third-order valence-electron chi connectivity index (χ3n) is 3.25. The summed E-state index contributed by atoms with van der Waals surface area (Å²) in [4.78, 5) is 0. The van der Waals surface area contributed by atoms with Gasteiger partial charge in [0.2, 0.25) is 5.11 Å². The fraction of sp³-hybridized carbons (Fsp3) is 0. The molecule has 6 heteroatoms. The van der Waals surface area contributed by atoms with Gasteiger partial charge in [0, 0.05) is 22.5 Å². The van der Waals surface area contributed by atoms with Gasteiger partial charge in [-0.2, -0.15) is 0 Å². The van der Waals surface area contributed by atoms with E-state index in [0.29, 0.717) is 16.5 Å². The Morgan fingerprint density at radius 3 is 2.30 bits per heavy atom. The van der Waals surface area contributed by atoms with Crippen LogP contribution in [0.3, 0.4) is 0 Å². The highest BCUT2D eigenvalue weighted by molar-refractivity contribution is 7.80. The van der Waals surface area contributed by atoms with Gasteiger partial charge in [0.25, 0.3) is 0 Å². The second-order valence-corrected chi connectivity index (χ2v) is 5.19. The van der Waals surface area contributed by atoms with E-state index >= 15 is 0 Å². The number of azo groups is 1. The number of benzene rings is 3. The van der Waals surface area contributed by atoms with Gasteiger partial charge in [-0.25, -0.2) is 0 Å². The molecule has 0 radical (unpaired) electrons. The minimum atomic E-state index is -0.250. The van der Waals surface area contributed by atoms with Crippen molar-refractivity contribution in [2.24, 2.45) is 10.2 Å². The van der Waals surface area contributed by atoms with Crippen molar-refractivity contribution in [3.05, 3.63) is 60.7 Å². The molecule has 0 saturated carbocycles. The standard InChI is InChI=1S/C17H13N3O2S/c21-15-10-14(12-8-4-5-9-13(12)16(15)22)19-20-17(23)18-11-6-2-1-3-7-11/h1-10,21-22H,(H,18,23). The minimum Gasteiger partial charge on any atom is -0.504 e. The van der Waals surface area contributed by atoms with E-state index in [1.165, 1.54) is 6.07 Å². The number of anilines is 1. The lowest BCUT2D eigenvalue weighted by molar-refractivity contribution is 0.408. The number of thiocarbonyl (C=S) groups is 1. The van der Waals surface area contributed by atoms with Gasteiger partial charge in [0.1, 0.15) is 0 Å². The normalized spacial score (nSPS) is 11.0. The zero-order chi connectivity index (χ0) is 16.2. The van der Waals surface area contributed by atoms with Crippen LogP contribution in [-0.2, 0) is 0 Å². The van der Waals surface area contributed by atoms with Gasteiger partial charge in [-0.15, -0.1) is 10.2 Å². The number of phenols is 2. The number of phenolic OH excluding ortho intramolecular Hbond substituents is 2. The number of hydrogen-bond acceptors (Lipinski definition) is 4. The lowest BCUT2D eigenvalue weighted by Crippen LogP contribution is -2.04. The molecule has 0 amide bonds. The molecule has 0 unspecified atom stereocenters. The second kappa shape index (κ2) is 6.41. The van der Waals surface area contributed by atoms with Crippen molar-refractivity contribution in [2.45, 2.75) is 0 Å². The fourth-order valence-corrected chi connectivity index (χ4v) is 2.34. The molecule has 114 valence electrons. The van der Waals surface area contributed by atoms with E-state index in [1.54, 1.807) is 18.2 Å². The summed E-state index contributed by atoms with van der Waals surface area (Å²) in [5, 5.41) is 32.1. The largest absolute Gasteiger partial charge is 0.504 e. The van der Waals surface area contributed by atoms with Crippen molar-refractivity contribution >= 4 is 39.5 Å². The smallest absolute Gasteiger partial charge is 0.218 e. The molecule has 0 aromatic heterocycles.